The second-order valence-corrected chi connectivity index (χ2v) is 5.21. The minimum absolute atomic E-state index is 0.0160. The Kier molecular flexibility index (Phi) is 4.66. The van der Waals surface area contributed by atoms with E-state index in [0.29, 0.717) is 23.8 Å². The van der Waals surface area contributed by atoms with E-state index in [9.17, 15) is 4.79 Å². The van der Waals surface area contributed by atoms with E-state index in [0.717, 1.165) is 12.0 Å². The third kappa shape index (κ3) is 3.74. The molecule has 0 atom stereocenters. The van der Waals surface area contributed by atoms with Gasteiger partial charge in [0.25, 0.3) is 5.91 Å². The molecule has 1 N–H and O–H groups in total. The third-order valence-corrected chi connectivity index (χ3v) is 3.66. The van der Waals surface area contributed by atoms with E-state index in [1.807, 2.05) is 42.5 Å². The van der Waals surface area contributed by atoms with Crippen LogP contribution in [0.4, 0.5) is 0 Å². The van der Waals surface area contributed by atoms with Gasteiger partial charge in [0.05, 0.1) is 0 Å². The zero-order valence-corrected chi connectivity index (χ0v) is 13.0. The molecule has 0 aromatic heterocycles. The van der Waals surface area contributed by atoms with Gasteiger partial charge < -0.3 is 19.5 Å². The third-order valence-electron chi connectivity index (χ3n) is 3.66. The summed E-state index contributed by atoms with van der Waals surface area (Å²) in [5, 5.41) is 2.82. The number of hydrogen-bond acceptors (Lipinski definition) is 4. The first-order valence-corrected chi connectivity index (χ1v) is 7.62. The van der Waals surface area contributed by atoms with Crippen LogP contribution in [0.2, 0.25) is 0 Å². The Morgan fingerprint density at radius 3 is 2.78 bits per heavy atom. The Labute approximate surface area is 135 Å². The van der Waals surface area contributed by atoms with Gasteiger partial charge in [0.2, 0.25) is 6.79 Å². The highest BCUT2D eigenvalue weighted by atomic mass is 16.7. The Balaban J connectivity index is 1.49. The second kappa shape index (κ2) is 7.05. The first-order valence-electron chi connectivity index (χ1n) is 7.62. The standard InChI is InChI=1S/C18H19NO4/c1-2-13-6-8-15(9-7-13)21-11-17(20)19-10-14-4-3-5-16-18(14)23-12-22-16/h3-9H,2,10-12H2,1H3,(H,19,20). The quantitative estimate of drug-likeness (QED) is 0.891. The molecule has 120 valence electrons. The average molecular weight is 313 g/mol. The van der Waals surface area contributed by atoms with Gasteiger partial charge in [0, 0.05) is 12.1 Å². The summed E-state index contributed by atoms with van der Waals surface area (Å²) in [4.78, 5) is 11.9. The highest BCUT2D eigenvalue weighted by Crippen LogP contribution is 2.35. The summed E-state index contributed by atoms with van der Waals surface area (Å²) in [6.07, 6.45) is 0.980. The minimum atomic E-state index is -0.180. The van der Waals surface area contributed by atoms with Gasteiger partial charge in [-0.2, -0.15) is 0 Å². The van der Waals surface area contributed by atoms with Crippen molar-refractivity contribution in [2.75, 3.05) is 13.4 Å². The molecule has 1 amide bonds. The fourth-order valence-corrected chi connectivity index (χ4v) is 2.34. The maximum absolute atomic E-state index is 11.9. The van der Waals surface area contributed by atoms with E-state index in [1.165, 1.54) is 5.56 Å². The molecule has 0 spiro atoms. The van der Waals surface area contributed by atoms with Crippen molar-refractivity contribution in [3.8, 4) is 17.2 Å². The lowest BCUT2D eigenvalue weighted by Gasteiger charge is -2.09. The van der Waals surface area contributed by atoms with Gasteiger partial charge in [-0.1, -0.05) is 31.2 Å². The normalized spacial score (nSPS) is 12.0. The zero-order valence-electron chi connectivity index (χ0n) is 13.0. The Morgan fingerprint density at radius 1 is 1.17 bits per heavy atom. The van der Waals surface area contributed by atoms with Crippen LogP contribution in [0.25, 0.3) is 0 Å². The summed E-state index contributed by atoms with van der Waals surface area (Å²) in [6, 6.07) is 13.4. The number of benzene rings is 2. The number of amides is 1. The number of para-hydroxylation sites is 1. The van der Waals surface area contributed by atoms with Gasteiger partial charge in [-0.15, -0.1) is 0 Å². The predicted octanol–water partition coefficient (Wildman–Crippen LogP) is 2.67. The van der Waals surface area contributed by atoms with E-state index in [1.54, 1.807) is 0 Å². The first kappa shape index (κ1) is 15.2. The Hall–Kier alpha value is -2.69. The van der Waals surface area contributed by atoms with Gasteiger partial charge in [0.1, 0.15) is 5.75 Å². The van der Waals surface area contributed by atoms with Crippen LogP contribution >= 0.6 is 0 Å². The smallest absolute Gasteiger partial charge is 0.258 e. The number of carbonyl (C=O) groups excluding carboxylic acids is 1. The van der Waals surface area contributed by atoms with Crippen molar-refractivity contribution in [1.29, 1.82) is 0 Å². The van der Waals surface area contributed by atoms with Crippen molar-refractivity contribution in [3.05, 3.63) is 53.6 Å². The molecule has 5 heteroatoms. The molecule has 3 rings (SSSR count). The molecule has 2 aromatic carbocycles. The van der Waals surface area contributed by atoms with Crippen molar-refractivity contribution in [3.63, 3.8) is 0 Å². The van der Waals surface area contributed by atoms with Crippen LogP contribution in [-0.4, -0.2) is 19.3 Å². The van der Waals surface area contributed by atoms with Gasteiger partial charge in [-0.05, 0) is 30.2 Å². The molecule has 5 nitrogen and oxygen atoms in total. The molecule has 0 saturated heterocycles. The van der Waals surface area contributed by atoms with Gasteiger partial charge >= 0.3 is 0 Å². The molecule has 0 radical (unpaired) electrons. The molecular weight excluding hydrogens is 294 g/mol. The van der Waals surface area contributed by atoms with Crippen LogP contribution in [-0.2, 0) is 17.8 Å². The summed E-state index contributed by atoms with van der Waals surface area (Å²) in [7, 11) is 0. The number of nitrogens with one attached hydrogen (secondary N) is 1. The average Bonchev–Trinajstić information content (AvgIpc) is 3.07. The highest BCUT2D eigenvalue weighted by molar-refractivity contribution is 5.77. The van der Waals surface area contributed by atoms with Crippen molar-refractivity contribution < 1.29 is 19.0 Å². The number of carbonyl (C=O) groups is 1. The van der Waals surface area contributed by atoms with Gasteiger partial charge in [0.15, 0.2) is 18.1 Å². The maximum atomic E-state index is 11.9. The topological polar surface area (TPSA) is 56.8 Å². The van der Waals surface area contributed by atoms with E-state index in [4.69, 9.17) is 14.2 Å². The van der Waals surface area contributed by atoms with Crippen LogP contribution in [0.3, 0.4) is 0 Å². The molecule has 0 aliphatic carbocycles. The molecule has 23 heavy (non-hydrogen) atoms. The predicted molar refractivity (Wildman–Crippen MR) is 85.7 cm³/mol. The number of aryl methyl sites for hydroxylation is 1. The number of ether oxygens (including phenoxy) is 3. The maximum Gasteiger partial charge on any atom is 0.258 e. The molecule has 2 aromatic rings. The van der Waals surface area contributed by atoms with E-state index >= 15 is 0 Å². The lowest BCUT2D eigenvalue weighted by molar-refractivity contribution is -0.123. The summed E-state index contributed by atoms with van der Waals surface area (Å²) in [5.74, 6) is 1.92. The molecule has 1 aliphatic heterocycles. The zero-order chi connectivity index (χ0) is 16.1. The Bertz CT molecular complexity index is 682. The van der Waals surface area contributed by atoms with Crippen molar-refractivity contribution in [1.82, 2.24) is 5.32 Å². The molecule has 0 saturated carbocycles. The van der Waals surface area contributed by atoms with E-state index in [-0.39, 0.29) is 19.3 Å². The summed E-state index contributed by atoms with van der Waals surface area (Å²) in [5.41, 5.74) is 2.13. The van der Waals surface area contributed by atoms with Crippen LogP contribution in [0.1, 0.15) is 18.1 Å². The largest absolute Gasteiger partial charge is 0.484 e. The lowest BCUT2D eigenvalue weighted by atomic mass is 10.2. The van der Waals surface area contributed by atoms with Crippen molar-refractivity contribution in [2.24, 2.45) is 0 Å². The van der Waals surface area contributed by atoms with E-state index in [2.05, 4.69) is 12.2 Å². The van der Waals surface area contributed by atoms with Crippen LogP contribution < -0.4 is 19.5 Å². The summed E-state index contributed by atoms with van der Waals surface area (Å²) in [6.45, 7) is 2.68. The fourth-order valence-electron chi connectivity index (χ4n) is 2.34. The molecule has 0 unspecified atom stereocenters. The van der Waals surface area contributed by atoms with Gasteiger partial charge in [-0.3, -0.25) is 4.79 Å². The monoisotopic (exact) mass is 313 g/mol. The minimum Gasteiger partial charge on any atom is -0.484 e. The van der Waals surface area contributed by atoms with Crippen LogP contribution in [0, 0.1) is 0 Å². The SMILES string of the molecule is CCc1ccc(OCC(=O)NCc2cccc3c2OCO3)cc1. The number of fused-ring (bicyclic) bond motifs is 1. The van der Waals surface area contributed by atoms with Crippen molar-refractivity contribution >= 4 is 5.91 Å². The highest BCUT2D eigenvalue weighted by Gasteiger charge is 2.17. The molecular formula is C18H19NO4. The summed E-state index contributed by atoms with van der Waals surface area (Å²) < 4.78 is 16.2. The second-order valence-electron chi connectivity index (χ2n) is 5.21. The lowest BCUT2D eigenvalue weighted by Crippen LogP contribution is -2.28. The molecule has 0 bridgehead atoms. The fraction of sp³-hybridized carbons (Fsp3) is 0.278. The number of rotatable bonds is 6. The van der Waals surface area contributed by atoms with Gasteiger partial charge in [-0.25, -0.2) is 0 Å². The summed E-state index contributed by atoms with van der Waals surface area (Å²) >= 11 is 0. The molecule has 1 aliphatic rings. The number of hydrogen-bond donors (Lipinski definition) is 1. The van der Waals surface area contributed by atoms with E-state index < -0.39 is 0 Å². The van der Waals surface area contributed by atoms with Crippen molar-refractivity contribution in [2.45, 2.75) is 19.9 Å². The first-order chi connectivity index (χ1) is 11.3. The van der Waals surface area contributed by atoms with Crippen LogP contribution in [0.15, 0.2) is 42.5 Å². The molecule has 1 heterocycles. The Morgan fingerprint density at radius 2 is 2.00 bits per heavy atom. The van der Waals surface area contributed by atoms with Crippen LogP contribution in [0.5, 0.6) is 17.2 Å². The molecule has 0 fully saturated rings.